The molecule has 0 N–H and O–H groups in total. The predicted octanol–water partition coefficient (Wildman–Crippen LogP) is 2.14. The maximum absolute atomic E-state index is 9.19. The highest BCUT2D eigenvalue weighted by atomic mass is 35.5. The van der Waals surface area contributed by atoms with E-state index in [2.05, 4.69) is 16.3 Å². The van der Waals surface area contributed by atoms with E-state index in [1.165, 1.54) is 0 Å². The van der Waals surface area contributed by atoms with Gasteiger partial charge in [0.15, 0.2) is 0 Å². The topological polar surface area (TPSA) is 59.4 Å². The number of nitrogens with zero attached hydrogens (tertiary/aromatic N) is 5. The van der Waals surface area contributed by atoms with Crippen LogP contribution < -0.4 is 0 Å². The molecule has 0 atom stereocenters. The number of rotatable bonds is 2. The van der Waals surface area contributed by atoms with E-state index in [1.807, 2.05) is 13.1 Å². The second-order valence-corrected chi connectivity index (χ2v) is 4.50. The maximum atomic E-state index is 9.19. The van der Waals surface area contributed by atoms with Crippen LogP contribution in [0.3, 0.4) is 0 Å². The Morgan fingerprint density at radius 1 is 1.53 bits per heavy atom. The molecule has 3 rings (SSSR count). The quantitative estimate of drug-likeness (QED) is 0.817. The molecule has 0 aliphatic heterocycles. The monoisotopic (exact) mass is 247 g/mol. The van der Waals surface area contributed by atoms with E-state index in [9.17, 15) is 5.26 Å². The molecule has 2 aromatic heterocycles. The minimum Gasteiger partial charge on any atom is -0.266 e. The molecule has 17 heavy (non-hydrogen) atoms. The summed E-state index contributed by atoms with van der Waals surface area (Å²) in [6.07, 6.45) is 3.84. The van der Waals surface area contributed by atoms with Gasteiger partial charge >= 0.3 is 0 Å². The minimum atomic E-state index is 0.358. The van der Waals surface area contributed by atoms with Crippen LogP contribution in [0.1, 0.15) is 24.4 Å². The number of hydrogen-bond donors (Lipinski definition) is 0. The van der Waals surface area contributed by atoms with Gasteiger partial charge in [-0.2, -0.15) is 15.5 Å². The average Bonchev–Trinajstić information content (AvgIpc) is 2.98. The van der Waals surface area contributed by atoms with Crippen molar-refractivity contribution in [3.63, 3.8) is 0 Å². The van der Waals surface area contributed by atoms with Crippen molar-refractivity contribution in [1.82, 2.24) is 19.6 Å². The molecule has 6 heteroatoms. The number of aryl methyl sites for hydroxylation is 1. The Balaban J connectivity index is 2.20. The van der Waals surface area contributed by atoms with Crippen LogP contribution in [-0.4, -0.2) is 19.6 Å². The Labute approximate surface area is 103 Å². The fourth-order valence-electron chi connectivity index (χ4n) is 1.86. The van der Waals surface area contributed by atoms with Crippen LogP contribution in [0.4, 0.5) is 0 Å². The highest BCUT2D eigenvalue weighted by molar-refractivity contribution is 6.31. The van der Waals surface area contributed by atoms with Crippen LogP contribution in [0, 0.1) is 11.3 Å². The van der Waals surface area contributed by atoms with Crippen molar-refractivity contribution in [1.29, 1.82) is 5.26 Å². The van der Waals surface area contributed by atoms with E-state index in [1.54, 1.807) is 15.6 Å². The van der Waals surface area contributed by atoms with Crippen molar-refractivity contribution < 1.29 is 0 Å². The third kappa shape index (κ3) is 1.53. The van der Waals surface area contributed by atoms with Gasteiger partial charge in [0.2, 0.25) is 0 Å². The standard InChI is InChI=1S/C11H10ClN5/c1-16-9(4-5-14-16)10-8(6-13)11(12)17(15-10)7-2-3-7/h4-5,7H,2-3H2,1H3. The Hall–Kier alpha value is -1.80. The fraction of sp³-hybridized carbons (Fsp3) is 0.364. The molecule has 0 unspecified atom stereocenters. The molecular formula is C11H10ClN5. The molecule has 0 bridgehead atoms. The molecule has 0 saturated heterocycles. The highest BCUT2D eigenvalue weighted by Crippen LogP contribution is 2.39. The highest BCUT2D eigenvalue weighted by Gasteiger charge is 2.30. The number of aromatic nitrogens is 4. The summed E-state index contributed by atoms with van der Waals surface area (Å²) in [5.41, 5.74) is 1.86. The molecule has 1 aliphatic carbocycles. The normalized spacial score (nSPS) is 14.9. The van der Waals surface area contributed by atoms with E-state index in [4.69, 9.17) is 11.6 Å². The lowest BCUT2D eigenvalue weighted by molar-refractivity contribution is 0.642. The SMILES string of the molecule is Cn1nccc1-c1nn(C2CC2)c(Cl)c1C#N. The van der Waals surface area contributed by atoms with E-state index in [0.29, 0.717) is 22.5 Å². The van der Waals surface area contributed by atoms with Gasteiger partial charge in [0.1, 0.15) is 22.5 Å². The zero-order valence-electron chi connectivity index (χ0n) is 9.26. The van der Waals surface area contributed by atoms with Gasteiger partial charge in [-0.05, 0) is 18.9 Å². The molecule has 0 radical (unpaired) electrons. The minimum absolute atomic E-state index is 0.358. The van der Waals surface area contributed by atoms with Gasteiger partial charge in [-0.25, -0.2) is 4.68 Å². The van der Waals surface area contributed by atoms with E-state index >= 15 is 0 Å². The molecule has 86 valence electrons. The van der Waals surface area contributed by atoms with Gasteiger partial charge in [-0.1, -0.05) is 11.6 Å². The Bertz CT molecular complexity index is 614. The molecule has 0 aromatic carbocycles. The van der Waals surface area contributed by atoms with Gasteiger partial charge in [0.25, 0.3) is 0 Å². The van der Waals surface area contributed by atoms with Crippen molar-refractivity contribution in [2.75, 3.05) is 0 Å². The summed E-state index contributed by atoms with van der Waals surface area (Å²) < 4.78 is 3.44. The fourth-order valence-corrected chi connectivity index (χ4v) is 2.17. The third-order valence-corrected chi connectivity index (χ3v) is 3.28. The Morgan fingerprint density at radius 2 is 2.29 bits per heavy atom. The second-order valence-electron chi connectivity index (χ2n) is 4.14. The van der Waals surface area contributed by atoms with Gasteiger partial charge < -0.3 is 0 Å². The molecule has 1 aliphatic rings. The van der Waals surface area contributed by atoms with Crippen molar-refractivity contribution in [3.05, 3.63) is 23.0 Å². The summed E-state index contributed by atoms with van der Waals surface area (Å²) >= 11 is 6.18. The number of halogens is 1. The lowest BCUT2D eigenvalue weighted by Gasteiger charge is -1.98. The van der Waals surface area contributed by atoms with Gasteiger partial charge in [-0.3, -0.25) is 4.68 Å². The van der Waals surface area contributed by atoms with Crippen molar-refractivity contribution >= 4 is 11.6 Å². The summed E-state index contributed by atoms with van der Waals surface area (Å²) in [4.78, 5) is 0. The van der Waals surface area contributed by atoms with Gasteiger partial charge in [0, 0.05) is 13.2 Å². The third-order valence-electron chi connectivity index (χ3n) is 2.92. The van der Waals surface area contributed by atoms with Gasteiger partial charge in [-0.15, -0.1) is 0 Å². The molecule has 2 aromatic rings. The van der Waals surface area contributed by atoms with E-state index < -0.39 is 0 Å². The van der Waals surface area contributed by atoms with E-state index in [0.717, 1.165) is 18.5 Å². The molecule has 0 amide bonds. The maximum Gasteiger partial charge on any atom is 0.145 e. The Kier molecular flexibility index (Phi) is 2.20. The van der Waals surface area contributed by atoms with Crippen molar-refractivity contribution in [2.45, 2.75) is 18.9 Å². The summed E-state index contributed by atoms with van der Waals surface area (Å²) in [7, 11) is 1.82. The predicted molar refractivity (Wildman–Crippen MR) is 62.4 cm³/mol. The van der Waals surface area contributed by atoms with E-state index in [-0.39, 0.29) is 0 Å². The first-order chi connectivity index (χ1) is 8.22. The number of nitriles is 1. The van der Waals surface area contributed by atoms with Crippen LogP contribution in [0.5, 0.6) is 0 Å². The molecule has 0 spiro atoms. The van der Waals surface area contributed by atoms with Crippen LogP contribution in [0.25, 0.3) is 11.4 Å². The smallest absolute Gasteiger partial charge is 0.145 e. The first-order valence-electron chi connectivity index (χ1n) is 5.39. The number of hydrogen-bond acceptors (Lipinski definition) is 3. The first kappa shape index (κ1) is 10.4. The first-order valence-corrected chi connectivity index (χ1v) is 5.76. The van der Waals surface area contributed by atoms with Gasteiger partial charge in [0.05, 0.1) is 11.7 Å². The van der Waals surface area contributed by atoms with Crippen molar-refractivity contribution in [2.24, 2.45) is 7.05 Å². The van der Waals surface area contributed by atoms with Crippen LogP contribution >= 0.6 is 11.6 Å². The zero-order valence-corrected chi connectivity index (χ0v) is 10.0. The second kappa shape index (κ2) is 3.60. The van der Waals surface area contributed by atoms with Crippen LogP contribution in [0.15, 0.2) is 12.3 Å². The molecule has 5 nitrogen and oxygen atoms in total. The van der Waals surface area contributed by atoms with Crippen molar-refractivity contribution in [3.8, 4) is 17.5 Å². The largest absolute Gasteiger partial charge is 0.266 e. The summed E-state index contributed by atoms with van der Waals surface area (Å²) in [6, 6.07) is 4.31. The van der Waals surface area contributed by atoms with Crippen LogP contribution in [0.2, 0.25) is 5.15 Å². The lowest BCUT2D eigenvalue weighted by atomic mass is 10.2. The summed E-state index contributed by atoms with van der Waals surface area (Å²) in [5.74, 6) is 0. The molecule has 2 heterocycles. The molecule has 1 fully saturated rings. The molecule has 1 saturated carbocycles. The summed E-state index contributed by atoms with van der Waals surface area (Å²) in [6.45, 7) is 0. The lowest BCUT2D eigenvalue weighted by Crippen LogP contribution is -1.98. The molecular weight excluding hydrogens is 238 g/mol. The summed E-state index contributed by atoms with van der Waals surface area (Å²) in [5, 5.41) is 18.2. The van der Waals surface area contributed by atoms with Crippen LogP contribution in [-0.2, 0) is 7.05 Å². The zero-order chi connectivity index (χ0) is 12.0. The average molecular weight is 248 g/mol. The Morgan fingerprint density at radius 3 is 2.82 bits per heavy atom.